The van der Waals surface area contributed by atoms with Crippen molar-refractivity contribution in [3.63, 3.8) is 0 Å². The van der Waals surface area contributed by atoms with Gasteiger partial charge in [-0.1, -0.05) is 20.8 Å². The fourth-order valence-electron chi connectivity index (χ4n) is 2.23. The van der Waals surface area contributed by atoms with Gasteiger partial charge in [0.25, 0.3) is 0 Å². The third-order valence-corrected chi connectivity index (χ3v) is 2.93. The van der Waals surface area contributed by atoms with Gasteiger partial charge in [-0.2, -0.15) is 9.59 Å². The number of anilines is 1. The summed E-state index contributed by atoms with van der Waals surface area (Å²) >= 11 is 0. The molecule has 26 heavy (non-hydrogen) atoms. The molecule has 1 aromatic carbocycles. The van der Waals surface area contributed by atoms with Gasteiger partial charge in [-0.3, -0.25) is 4.79 Å². The molecule has 0 aliphatic heterocycles. The van der Waals surface area contributed by atoms with Crippen LogP contribution in [0.15, 0.2) is 18.2 Å². The molecule has 0 saturated carbocycles. The fourth-order valence-corrected chi connectivity index (χ4v) is 2.23. The summed E-state index contributed by atoms with van der Waals surface area (Å²) in [4.78, 5) is 30.3. The average molecular weight is 367 g/mol. The van der Waals surface area contributed by atoms with Crippen molar-refractivity contribution in [2.75, 3.05) is 25.1 Å². The quantitative estimate of drug-likeness (QED) is 0.800. The number of hydrogen-bond donors (Lipinski definition) is 1. The predicted molar refractivity (Wildman–Crippen MR) is 97.2 cm³/mol. The summed E-state index contributed by atoms with van der Waals surface area (Å²) in [6, 6.07) is 5.06. The van der Waals surface area contributed by atoms with E-state index in [4.69, 9.17) is 19.1 Å². The van der Waals surface area contributed by atoms with Gasteiger partial charge in [-0.25, -0.2) is 0 Å². The lowest BCUT2D eigenvalue weighted by molar-refractivity contribution is -0.191. The van der Waals surface area contributed by atoms with Crippen LogP contribution in [0.1, 0.15) is 41.5 Å². The molecule has 7 heteroatoms. The van der Waals surface area contributed by atoms with Crippen molar-refractivity contribution in [1.82, 2.24) is 0 Å². The number of esters is 1. The van der Waals surface area contributed by atoms with E-state index in [9.17, 15) is 9.90 Å². The standard InChI is InChI=1S/C18H29NO4.CO2/c1-17(2,3)12-19(11-16(21)23-18(4,5)6)14-9-8-13(22-7)10-15(14)20;2-1-3/h8-10,20H,11-12H2,1-7H3;. The van der Waals surface area contributed by atoms with Crippen molar-refractivity contribution in [3.05, 3.63) is 18.2 Å². The second-order valence-corrected chi connectivity index (χ2v) is 7.94. The van der Waals surface area contributed by atoms with Crippen LogP contribution < -0.4 is 9.64 Å². The Balaban J connectivity index is 0.00000194. The van der Waals surface area contributed by atoms with Gasteiger partial charge in [0.1, 0.15) is 23.6 Å². The van der Waals surface area contributed by atoms with Gasteiger partial charge in [0.15, 0.2) is 0 Å². The Hall–Kier alpha value is -2.53. The van der Waals surface area contributed by atoms with Crippen LogP contribution >= 0.6 is 0 Å². The molecule has 0 spiro atoms. The molecule has 0 atom stereocenters. The van der Waals surface area contributed by atoms with Crippen molar-refractivity contribution in [2.24, 2.45) is 5.41 Å². The van der Waals surface area contributed by atoms with E-state index >= 15 is 0 Å². The van der Waals surface area contributed by atoms with Crippen molar-refractivity contribution >= 4 is 17.8 Å². The zero-order valence-corrected chi connectivity index (χ0v) is 16.6. The van der Waals surface area contributed by atoms with Crippen LogP contribution in [0.4, 0.5) is 5.69 Å². The van der Waals surface area contributed by atoms with Crippen molar-refractivity contribution < 1.29 is 29.0 Å². The molecule has 0 heterocycles. The highest BCUT2D eigenvalue weighted by atomic mass is 16.6. The van der Waals surface area contributed by atoms with Gasteiger partial charge in [0, 0.05) is 12.6 Å². The first-order chi connectivity index (χ1) is 11.8. The first-order valence-corrected chi connectivity index (χ1v) is 8.16. The van der Waals surface area contributed by atoms with Gasteiger partial charge in [-0.05, 0) is 38.3 Å². The first kappa shape index (κ1) is 23.5. The van der Waals surface area contributed by atoms with Crippen LogP contribution in [-0.2, 0) is 19.1 Å². The number of carbonyl (C=O) groups excluding carboxylic acids is 3. The Bertz CT molecular complexity index is 622. The maximum absolute atomic E-state index is 12.2. The van der Waals surface area contributed by atoms with Crippen molar-refractivity contribution in [2.45, 2.75) is 47.1 Å². The predicted octanol–water partition coefficient (Wildman–Crippen LogP) is 3.01. The Morgan fingerprint density at radius 1 is 1.15 bits per heavy atom. The number of rotatable bonds is 5. The van der Waals surface area contributed by atoms with E-state index < -0.39 is 5.60 Å². The smallest absolute Gasteiger partial charge is 0.373 e. The number of carbonyl (C=O) groups is 1. The van der Waals surface area contributed by atoms with Crippen molar-refractivity contribution in [3.8, 4) is 11.5 Å². The van der Waals surface area contributed by atoms with Crippen LogP contribution in [0, 0.1) is 5.41 Å². The minimum Gasteiger partial charge on any atom is -0.506 e. The normalized spacial score (nSPS) is 10.9. The van der Waals surface area contributed by atoms with Crippen LogP contribution in [0.3, 0.4) is 0 Å². The number of phenols is 1. The molecule has 0 unspecified atom stereocenters. The van der Waals surface area contributed by atoms with Crippen LogP contribution in [0.2, 0.25) is 0 Å². The van der Waals surface area contributed by atoms with E-state index in [1.54, 1.807) is 25.3 Å². The lowest BCUT2D eigenvalue weighted by atomic mass is 9.95. The Kier molecular flexibility index (Phi) is 8.87. The van der Waals surface area contributed by atoms with Crippen LogP contribution in [-0.4, -0.2) is 43.0 Å². The molecular formula is C19H29NO6. The summed E-state index contributed by atoms with van der Waals surface area (Å²) in [5, 5.41) is 10.3. The van der Waals surface area contributed by atoms with E-state index in [2.05, 4.69) is 20.8 Å². The molecule has 0 aromatic heterocycles. The molecule has 1 aromatic rings. The highest BCUT2D eigenvalue weighted by molar-refractivity contribution is 5.77. The molecular weight excluding hydrogens is 338 g/mol. The molecule has 1 N–H and O–H groups in total. The topological polar surface area (TPSA) is 93.1 Å². The van der Waals surface area contributed by atoms with E-state index in [-0.39, 0.29) is 29.8 Å². The van der Waals surface area contributed by atoms with Gasteiger partial charge in [-0.15, -0.1) is 0 Å². The van der Waals surface area contributed by atoms with Gasteiger partial charge < -0.3 is 19.5 Å². The number of methoxy groups -OCH3 is 1. The minimum atomic E-state index is -0.535. The first-order valence-electron chi connectivity index (χ1n) is 8.16. The summed E-state index contributed by atoms with van der Waals surface area (Å²) < 4.78 is 10.5. The third-order valence-electron chi connectivity index (χ3n) is 2.93. The largest absolute Gasteiger partial charge is 0.506 e. The van der Waals surface area contributed by atoms with Crippen LogP contribution in [0.25, 0.3) is 0 Å². The summed E-state index contributed by atoms with van der Waals surface area (Å²) in [5.41, 5.74) is 0.00691. The second-order valence-electron chi connectivity index (χ2n) is 7.94. The fraction of sp³-hybridized carbons (Fsp3) is 0.579. The Morgan fingerprint density at radius 3 is 2.08 bits per heavy atom. The van der Waals surface area contributed by atoms with Crippen molar-refractivity contribution in [1.29, 1.82) is 0 Å². The van der Waals surface area contributed by atoms with Gasteiger partial charge in [0.2, 0.25) is 0 Å². The molecule has 0 radical (unpaired) electrons. The summed E-state index contributed by atoms with van der Waals surface area (Å²) in [7, 11) is 1.54. The van der Waals surface area contributed by atoms with E-state index in [1.807, 2.05) is 25.7 Å². The molecule has 1 rings (SSSR count). The van der Waals surface area contributed by atoms with E-state index in [0.29, 0.717) is 18.0 Å². The summed E-state index contributed by atoms with van der Waals surface area (Å²) in [5.74, 6) is 0.327. The maximum atomic E-state index is 12.2. The molecule has 0 fully saturated rings. The van der Waals surface area contributed by atoms with E-state index in [1.165, 1.54) is 0 Å². The molecule has 7 nitrogen and oxygen atoms in total. The number of ether oxygens (including phenoxy) is 2. The lowest BCUT2D eigenvalue weighted by Gasteiger charge is -2.32. The third kappa shape index (κ3) is 9.69. The number of nitrogens with zero attached hydrogens (tertiary/aromatic N) is 1. The molecule has 0 aliphatic rings. The molecule has 146 valence electrons. The minimum absolute atomic E-state index is 0.0472. The number of benzene rings is 1. The van der Waals surface area contributed by atoms with Gasteiger partial charge in [0.05, 0.1) is 12.8 Å². The number of phenolic OH excluding ortho intramolecular Hbond substituents is 1. The maximum Gasteiger partial charge on any atom is 0.373 e. The van der Waals surface area contributed by atoms with Gasteiger partial charge >= 0.3 is 12.1 Å². The number of hydrogen-bond acceptors (Lipinski definition) is 7. The SMILES string of the molecule is COc1ccc(N(CC(=O)OC(C)(C)C)CC(C)(C)C)c(O)c1.O=C=O. The summed E-state index contributed by atoms with van der Waals surface area (Å²) in [6.07, 6.45) is 0.250. The zero-order chi connectivity index (χ0) is 20.5. The van der Waals surface area contributed by atoms with E-state index in [0.717, 1.165) is 0 Å². The molecule has 0 saturated heterocycles. The molecule has 0 amide bonds. The Morgan fingerprint density at radius 2 is 1.69 bits per heavy atom. The molecule has 0 aliphatic carbocycles. The lowest BCUT2D eigenvalue weighted by Crippen LogP contribution is -2.39. The number of aromatic hydroxyl groups is 1. The zero-order valence-electron chi connectivity index (χ0n) is 16.6. The highest BCUT2D eigenvalue weighted by Gasteiger charge is 2.24. The highest BCUT2D eigenvalue weighted by Crippen LogP contribution is 2.33. The molecule has 0 bridgehead atoms. The average Bonchev–Trinajstić information content (AvgIpc) is 2.43. The monoisotopic (exact) mass is 367 g/mol. The van der Waals surface area contributed by atoms with Crippen LogP contribution in [0.5, 0.6) is 11.5 Å². The Labute approximate surface area is 154 Å². The second kappa shape index (κ2) is 9.82. The summed E-state index contributed by atoms with van der Waals surface area (Å²) in [6.45, 7) is 12.4.